The molecule has 0 atom stereocenters. The van der Waals surface area contributed by atoms with Gasteiger partial charge >= 0.3 is 0 Å². The fourth-order valence-corrected chi connectivity index (χ4v) is 1.97. The van der Waals surface area contributed by atoms with E-state index in [1.165, 1.54) is 0 Å². The number of aryl methyl sites for hydroxylation is 1. The van der Waals surface area contributed by atoms with Crippen molar-refractivity contribution in [3.8, 4) is 0 Å². The molecule has 1 N–H and O–H groups in total. The van der Waals surface area contributed by atoms with Crippen molar-refractivity contribution in [3.05, 3.63) is 41.2 Å². The summed E-state index contributed by atoms with van der Waals surface area (Å²) in [4.78, 5) is 4.50. The number of aromatic nitrogens is 2. The Balaban J connectivity index is 2.20. The van der Waals surface area contributed by atoms with Crippen molar-refractivity contribution in [3.63, 3.8) is 0 Å². The van der Waals surface area contributed by atoms with E-state index in [0.717, 1.165) is 28.9 Å². The predicted molar refractivity (Wildman–Crippen MR) is 76.5 cm³/mol. The number of hydrogen-bond acceptors (Lipinski definition) is 2. The van der Waals surface area contributed by atoms with E-state index in [-0.39, 0.29) is 0 Å². The highest BCUT2D eigenvalue weighted by atomic mass is 35.5. The summed E-state index contributed by atoms with van der Waals surface area (Å²) < 4.78 is 2.15. The maximum Gasteiger partial charge on any atom is 0.207 e. The average molecular weight is 264 g/mol. The fraction of sp³-hybridized carbons (Fsp3) is 0.357. The van der Waals surface area contributed by atoms with Crippen LogP contribution in [0.3, 0.4) is 0 Å². The van der Waals surface area contributed by atoms with Crippen LogP contribution in [0.25, 0.3) is 0 Å². The lowest BCUT2D eigenvalue weighted by molar-refractivity contribution is 0.527. The van der Waals surface area contributed by atoms with Crippen molar-refractivity contribution >= 4 is 23.2 Å². The molecule has 0 aliphatic heterocycles. The number of nitrogens with zero attached hydrogens (tertiary/aromatic N) is 2. The molecule has 1 aromatic heterocycles. The van der Waals surface area contributed by atoms with E-state index in [1.807, 2.05) is 31.2 Å². The van der Waals surface area contributed by atoms with Gasteiger partial charge in [0.1, 0.15) is 0 Å². The number of rotatable bonds is 4. The summed E-state index contributed by atoms with van der Waals surface area (Å²) in [7, 11) is 0. The zero-order valence-corrected chi connectivity index (χ0v) is 11.7. The predicted octanol–water partition coefficient (Wildman–Crippen LogP) is 4.24. The van der Waals surface area contributed by atoms with Gasteiger partial charge in [0.15, 0.2) is 0 Å². The molecule has 0 amide bonds. The van der Waals surface area contributed by atoms with Gasteiger partial charge in [-0.05, 0) is 37.1 Å². The molecule has 1 heterocycles. The van der Waals surface area contributed by atoms with Crippen LogP contribution in [0.1, 0.15) is 19.5 Å². The maximum absolute atomic E-state index is 5.87. The molecule has 3 nitrogen and oxygen atoms in total. The second-order valence-corrected chi connectivity index (χ2v) is 5.32. The summed E-state index contributed by atoms with van der Waals surface area (Å²) in [6.07, 6.45) is 2.07. The van der Waals surface area contributed by atoms with Crippen molar-refractivity contribution < 1.29 is 0 Å². The second-order valence-electron chi connectivity index (χ2n) is 4.88. The SMILES string of the molecule is Cc1cn(CC(C)C)c(Nc2ccc(Cl)cc2)n1. The molecule has 0 saturated heterocycles. The van der Waals surface area contributed by atoms with E-state index in [1.54, 1.807) is 0 Å². The molecule has 18 heavy (non-hydrogen) atoms. The van der Waals surface area contributed by atoms with Gasteiger partial charge in [0.25, 0.3) is 0 Å². The number of nitrogens with one attached hydrogen (secondary N) is 1. The Kier molecular flexibility index (Phi) is 3.92. The zero-order chi connectivity index (χ0) is 13.1. The molecule has 4 heteroatoms. The van der Waals surface area contributed by atoms with E-state index >= 15 is 0 Å². The van der Waals surface area contributed by atoms with Crippen LogP contribution in [0.15, 0.2) is 30.5 Å². The first-order valence-corrected chi connectivity index (χ1v) is 6.49. The third-order valence-corrected chi connectivity index (χ3v) is 2.81. The van der Waals surface area contributed by atoms with Gasteiger partial charge in [0, 0.05) is 23.5 Å². The summed E-state index contributed by atoms with van der Waals surface area (Å²) in [5.41, 5.74) is 2.02. The third kappa shape index (κ3) is 3.26. The van der Waals surface area contributed by atoms with E-state index in [2.05, 4.69) is 34.9 Å². The molecule has 0 saturated carbocycles. The first kappa shape index (κ1) is 13.0. The minimum Gasteiger partial charge on any atom is -0.326 e. The topological polar surface area (TPSA) is 29.9 Å². The normalized spacial score (nSPS) is 10.9. The summed E-state index contributed by atoms with van der Waals surface area (Å²) >= 11 is 5.87. The molecular weight excluding hydrogens is 246 g/mol. The molecule has 0 aliphatic carbocycles. The van der Waals surface area contributed by atoms with E-state index in [9.17, 15) is 0 Å². The van der Waals surface area contributed by atoms with Crippen molar-refractivity contribution in [1.82, 2.24) is 9.55 Å². The van der Waals surface area contributed by atoms with E-state index in [4.69, 9.17) is 11.6 Å². The Bertz CT molecular complexity index is 514. The quantitative estimate of drug-likeness (QED) is 0.894. The third-order valence-electron chi connectivity index (χ3n) is 2.56. The Labute approximate surface area is 113 Å². The molecular formula is C14H18ClN3. The first-order valence-electron chi connectivity index (χ1n) is 6.11. The molecule has 2 aromatic rings. The Morgan fingerprint density at radius 3 is 2.56 bits per heavy atom. The van der Waals surface area contributed by atoms with Gasteiger partial charge in [-0.2, -0.15) is 0 Å². The van der Waals surface area contributed by atoms with E-state index < -0.39 is 0 Å². The smallest absolute Gasteiger partial charge is 0.207 e. The van der Waals surface area contributed by atoms with Gasteiger partial charge in [-0.15, -0.1) is 0 Å². The summed E-state index contributed by atoms with van der Waals surface area (Å²) in [5, 5.41) is 4.06. The number of halogens is 1. The minimum atomic E-state index is 0.587. The average Bonchev–Trinajstić information content (AvgIpc) is 2.61. The van der Waals surface area contributed by atoms with Gasteiger partial charge in [-0.3, -0.25) is 0 Å². The highest BCUT2D eigenvalue weighted by Crippen LogP contribution is 2.19. The van der Waals surface area contributed by atoms with Crippen LogP contribution in [-0.4, -0.2) is 9.55 Å². The number of anilines is 2. The number of imidazole rings is 1. The summed E-state index contributed by atoms with van der Waals surface area (Å²) in [5.74, 6) is 1.47. The zero-order valence-electron chi connectivity index (χ0n) is 10.9. The Morgan fingerprint density at radius 2 is 1.94 bits per heavy atom. The molecule has 0 spiro atoms. The van der Waals surface area contributed by atoms with Crippen LogP contribution in [0.5, 0.6) is 0 Å². The van der Waals surface area contributed by atoms with Gasteiger partial charge in [-0.1, -0.05) is 25.4 Å². The fourth-order valence-electron chi connectivity index (χ4n) is 1.84. The van der Waals surface area contributed by atoms with E-state index in [0.29, 0.717) is 5.92 Å². The van der Waals surface area contributed by atoms with Gasteiger partial charge in [0.05, 0.1) is 5.69 Å². The number of benzene rings is 1. The molecule has 2 rings (SSSR count). The lowest BCUT2D eigenvalue weighted by Gasteiger charge is -2.11. The first-order chi connectivity index (χ1) is 8.54. The largest absolute Gasteiger partial charge is 0.326 e. The minimum absolute atomic E-state index is 0.587. The maximum atomic E-state index is 5.87. The highest BCUT2D eigenvalue weighted by molar-refractivity contribution is 6.30. The molecule has 96 valence electrons. The molecule has 0 bridgehead atoms. The molecule has 0 unspecified atom stereocenters. The van der Waals surface area contributed by atoms with Gasteiger partial charge in [0.2, 0.25) is 5.95 Å². The molecule has 0 aliphatic rings. The molecule has 1 aromatic carbocycles. The van der Waals surface area contributed by atoms with Crippen molar-refractivity contribution in [2.75, 3.05) is 5.32 Å². The van der Waals surface area contributed by atoms with Crippen molar-refractivity contribution in [1.29, 1.82) is 0 Å². The Morgan fingerprint density at radius 1 is 1.28 bits per heavy atom. The van der Waals surface area contributed by atoms with Crippen LogP contribution < -0.4 is 5.32 Å². The van der Waals surface area contributed by atoms with Crippen molar-refractivity contribution in [2.45, 2.75) is 27.3 Å². The molecule has 0 fully saturated rings. The highest BCUT2D eigenvalue weighted by Gasteiger charge is 2.07. The molecule has 0 radical (unpaired) electrons. The van der Waals surface area contributed by atoms with Gasteiger partial charge in [-0.25, -0.2) is 4.98 Å². The van der Waals surface area contributed by atoms with Crippen LogP contribution >= 0.6 is 11.6 Å². The van der Waals surface area contributed by atoms with Crippen LogP contribution in [-0.2, 0) is 6.54 Å². The summed E-state index contributed by atoms with van der Waals surface area (Å²) in [6, 6.07) is 7.64. The lowest BCUT2D eigenvalue weighted by atomic mass is 10.2. The van der Waals surface area contributed by atoms with Gasteiger partial charge < -0.3 is 9.88 Å². The standard InChI is InChI=1S/C14H18ClN3/c1-10(2)8-18-9-11(3)16-14(18)17-13-6-4-12(15)5-7-13/h4-7,9-10H,8H2,1-3H3,(H,16,17). The van der Waals surface area contributed by atoms with Crippen molar-refractivity contribution in [2.24, 2.45) is 5.92 Å². The van der Waals surface area contributed by atoms with Crippen LogP contribution in [0, 0.1) is 12.8 Å². The lowest BCUT2D eigenvalue weighted by Crippen LogP contribution is -2.07. The van der Waals surface area contributed by atoms with Crippen LogP contribution in [0.2, 0.25) is 5.02 Å². The monoisotopic (exact) mass is 263 g/mol. The number of hydrogen-bond donors (Lipinski definition) is 1. The second kappa shape index (κ2) is 5.44. The summed E-state index contributed by atoms with van der Waals surface area (Å²) in [6.45, 7) is 7.35. The Hall–Kier alpha value is -1.48. The van der Waals surface area contributed by atoms with Crippen LogP contribution in [0.4, 0.5) is 11.6 Å².